The Kier molecular flexibility index (Phi) is 6.61. The quantitative estimate of drug-likeness (QED) is 0.749. The summed E-state index contributed by atoms with van der Waals surface area (Å²) in [6.45, 7) is 2.65. The summed E-state index contributed by atoms with van der Waals surface area (Å²) in [5.74, 6) is -0.389. The zero-order valence-corrected chi connectivity index (χ0v) is 17.6. The molecule has 0 bridgehead atoms. The highest BCUT2D eigenvalue weighted by Crippen LogP contribution is 2.33. The molecular weight excluding hydrogens is 384 g/mol. The molecule has 6 nitrogen and oxygen atoms in total. The molecule has 0 aromatic carbocycles. The molecular formula is C19H30N2O4S2. The second-order valence-corrected chi connectivity index (χ2v) is 11.3. The van der Waals surface area contributed by atoms with Gasteiger partial charge >= 0.3 is 0 Å². The Balaban J connectivity index is 1.69. The van der Waals surface area contributed by atoms with Crippen LogP contribution in [0.25, 0.3) is 0 Å². The molecule has 1 unspecified atom stereocenters. The third kappa shape index (κ3) is 4.72. The summed E-state index contributed by atoms with van der Waals surface area (Å²) in [6.07, 6.45) is 7.03. The van der Waals surface area contributed by atoms with Crippen LogP contribution in [0.5, 0.6) is 0 Å². The number of aliphatic hydroxyl groups excluding tert-OH is 1. The number of carbonyl (C=O) groups excluding carboxylic acids is 1. The fraction of sp³-hybridized carbons (Fsp3) is 0.737. The Bertz CT molecular complexity index is 748. The predicted octanol–water partition coefficient (Wildman–Crippen LogP) is 2.66. The average molecular weight is 415 g/mol. The van der Waals surface area contributed by atoms with E-state index in [2.05, 4.69) is 5.32 Å². The van der Waals surface area contributed by atoms with Crippen LogP contribution in [-0.2, 0) is 14.8 Å². The van der Waals surface area contributed by atoms with Crippen molar-refractivity contribution in [1.82, 2.24) is 9.62 Å². The first kappa shape index (κ1) is 20.8. The van der Waals surface area contributed by atoms with Gasteiger partial charge in [0.05, 0.1) is 5.92 Å². The Labute approximate surface area is 166 Å². The molecule has 1 saturated carbocycles. The summed E-state index contributed by atoms with van der Waals surface area (Å²) < 4.78 is 27.6. The van der Waals surface area contributed by atoms with Crippen LogP contribution in [0.15, 0.2) is 16.3 Å². The second kappa shape index (κ2) is 8.59. The van der Waals surface area contributed by atoms with E-state index in [1.165, 1.54) is 22.1 Å². The first-order valence-corrected chi connectivity index (χ1v) is 12.1. The number of nitrogens with zero attached hydrogens (tertiary/aromatic N) is 1. The summed E-state index contributed by atoms with van der Waals surface area (Å²) in [6, 6.07) is 3.46. The van der Waals surface area contributed by atoms with Crippen molar-refractivity contribution in [3.63, 3.8) is 0 Å². The minimum absolute atomic E-state index is 0.0587. The molecule has 0 radical (unpaired) electrons. The lowest BCUT2D eigenvalue weighted by molar-refractivity contribution is -0.128. The van der Waals surface area contributed by atoms with Crippen molar-refractivity contribution in [1.29, 1.82) is 0 Å². The molecule has 3 rings (SSSR count). The van der Waals surface area contributed by atoms with Crippen LogP contribution >= 0.6 is 11.3 Å². The van der Waals surface area contributed by atoms with E-state index >= 15 is 0 Å². The van der Waals surface area contributed by atoms with Crippen LogP contribution in [0.3, 0.4) is 0 Å². The van der Waals surface area contributed by atoms with E-state index in [0.29, 0.717) is 30.0 Å². The monoisotopic (exact) mass is 414 g/mol. The molecule has 1 amide bonds. The number of nitrogens with one attached hydrogen (secondary N) is 1. The fourth-order valence-corrected chi connectivity index (χ4v) is 7.26. The first-order valence-electron chi connectivity index (χ1n) is 9.86. The van der Waals surface area contributed by atoms with E-state index in [-0.39, 0.29) is 30.5 Å². The number of piperidine rings is 1. The highest BCUT2D eigenvalue weighted by molar-refractivity contribution is 7.91. The molecule has 1 aliphatic heterocycles. The standard InChI is InChI=1S/C19H30N2O4S2/c1-15-7-8-17(26-15)27(24,25)21-12-5-6-16(14-21)18(23)20-19(11-13-22)9-3-2-4-10-19/h7-8,16,22H,2-6,9-14H2,1H3,(H,20,23). The number of thiophene rings is 1. The van der Waals surface area contributed by atoms with E-state index in [4.69, 9.17) is 0 Å². The van der Waals surface area contributed by atoms with E-state index in [1.54, 1.807) is 6.07 Å². The van der Waals surface area contributed by atoms with Gasteiger partial charge in [0.2, 0.25) is 5.91 Å². The summed E-state index contributed by atoms with van der Waals surface area (Å²) >= 11 is 1.27. The molecule has 1 aliphatic carbocycles. The van der Waals surface area contributed by atoms with Crippen LogP contribution in [-0.4, -0.2) is 49.0 Å². The molecule has 2 heterocycles. The molecule has 1 aromatic heterocycles. The largest absolute Gasteiger partial charge is 0.396 e. The lowest BCUT2D eigenvalue weighted by atomic mass is 9.79. The third-order valence-electron chi connectivity index (χ3n) is 5.85. The SMILES string of the molecule is Cc1ccc(S(=O)(=O)N2CCCC(C(=O)NC3(CCO)CCCCC3)C2)s1. The highest BCUT2D eigenvalue weighted by Gasteiger charge is 2.38. The van der Waals surface area contributed by atoms with Crippen molar-refractivity contribution < 1.29 is 18.3 Å². The van der Waals surface area contributed by atoms with E-state index < -0.39 is 10.0 Å². The molecule has 8 heteroatoms. The van der Waals surface area contributed by atoms with Gasteiger partial charge in [-0.3, -0.25) is 4.79 Å². The zero-order valence-electron chi connectivity index (χ0n) is 15.9. The van der Waals surface area contributed by atoms with Crippen molar-refractivity contribution in [3.05, 3.63) is 17.0 Å². The molecule has 2 aliphatic rings. The van der Waals surface area contributed by atoms with Crippen LogP contribution in [0.4, 0.5) is 0 Å². The topological polar surface area (TPSA) is 86.7 Å². The van der Waals surface area contributed by atoms with Crippen molar-refractivity contribution in [2.24, 2.45) is 5.92 Å². The average Bonchev–Trinajstić information content (AvgIpc) is 3.10. The Hall–Kier alpha value is -0.960. The van der Waals surface area contributed by atoms with E-state index in [9.17, 15) is 18.3 Å². The number of hydrogen-bond acceptors (Lipinski definition) is 5. The number of carbonyl (C=O) groups is 1. The summed E-state index contributed by atoms with van der Waals surface area (Å²) in [5, 5.41) is 12.6. The van der Waals surface area contributed by atoms with E-state index in [1.807, 2.05) is 13.0 Å². The van der Waals surface area contributed by atoms with Crippen LogP contribution in [0.2, 0.25) is 0 Å². The van der Waals surface area contributed by atoms with E-state index in [0.717, 1.165) is 30.6 Å². The van der Waals surface area contributed by atoms with Crippen molar-refractivity contribution in [2.45, 2.75) is 68.0 Å². The van der Waals surface area contributed by atoms with Gasteiger partial charge in [0.25, 0.3) is 10.0 Å². The predicted molar refractivity (Wildman–Crippen MR) is 106 cm³/mol. The maximum Gasteiger partial charge on any atom is 0.252 e. The lowest BCUT2D eigenvalue weighted by Gasteiger charge is -2.40. The maximum absolute atomic E-state index is 12.9. The van der Waals surface area contributed by atoms with Gasteiger partial charge in [-0.25, -0.2) is 8.42 Å². The van der Waals surface area contributed by atoms with Gasteiger partial charge in [-0.1, -0.05) is 19.3 Å². The molecule has 1 saturated heterocycles. The molecule has 152 valence electrons. The molecule has 1 aromatic rings. The molecule has 2 N–H and O–H groups in total. The summed E-state index contributed by atoms with van der Waals surface area (Å²) in [7, 11) is -3.53. The first-order chi connectivity index (χ1) is 12.9. The number of aryl methyl sites for hydroxylation is 1. The number of amides is 1. The van der Waals surface area contributed by atoms with Gasteiger partial charge in [0.1, 0.15) is 4.21 Å². The minimum atomic E-state index is -3.53. The van der Waals surface area contributed by atoms with Gasteiger partial charge < -0.3 is 10.4 Å². The van der Waals surface area contributed by atoms with Crippen LogP contribution in [0.1, 0.15) is 56.2 Å². The van der Waals surface area contributed by atoms with Crippen LogP contribution < -0.4 is 5.32 Å². The number of aliphatic hydroxyl groups is 1. The number of hydrogen-bond donors (Lipinski definition) is 2. The highest BCUT2D eigenvalue weighted by atomic mass is 32.2. The Morgan fingerprint density at radius 2 is 2.04 bits per heavy atom. The van der Waals surface area contributed by atoms with Crippen molar-refractivity contribution >= 4 is 27.3 Å². The van der Waals surface area contributed by atoms with Crippen molar-refractivity contribution in [2.75, 3.05) is 19.7 Å². The van der Waals surface area contributed by atoms with Crippen LogP contribution in [0, 0.1) is 12.8 Å². The normalized spacial score (nSPS) is 23.9. The number of rotatable bonds is 6. The fourth-order valence-electron chi connectivity index (χ4n) is 4.30. The Morgan fingerprint density at radius 3 is 2.67 bits per heavy atom. The van der Waals surface area contributed by atoms with Gasteiger partial charge in [-0.15, -0.1) is 11.3 Å². The molecule has 27 heavy (non-hydrogen) atoms. The van der Waals surface area contributed by atoms with Crippen molar-refractivity contribution in [3.8, 4) is 0 Å². The summed E-state index contributed by atoms with van der Waals surface area (Å²) in [4.78, 5) is 13.9. The third-order valence-corrected chi connectivity index (χ3v) is 9.19. The van der Waals surface area contributed by atoms with Gasteiger partial charge in [0.15, 0.2) is 0 Å². The maximum atomic E-state index is 12.9. The summed E-state index contributed by atoms with van der Waals surface area (Å²) in [5.41, 5.74) is -0.323. The van der Waals surface area contributed by atoms with Gasteiger partial charge in [-0.05, 0) is 51.2 Å². The Morgan fingerprint density at radius 1 is 1.30 bits per heavy atom. The minimum Gasteiger partial charge on any atom is -0.396 e. The van der Waals surface area contributed by atoms with Gasteiger partial charge in [0, 0.05) is 30.1 Å². The smallest absolute Gasteiger partial charge is 0.252 e. The molecule has 1 atom stereocenters. The molecule has 0 spiro atoms. The zero-order chi connectivity index (χ0) is 19.5. The number of sulfonamides is 1. The molecule has 2 fully saturated rings. The van der Waals surface area contributed by atoms with Gasteiger partial charge in [-0.2, -0.15) is 4.31 Å². The second-order valence-electron chi connectivity index (χ2n) is 7.87. The lowest BCUT2D eigenvalue weighted by Crippen LogP contribution is -2.54.